The topological polar surface area (TPSA) is 78.9 Å². The van der Waals surface area contributed by atoms with Crippen LogP contribution in [0.15, 0.2) is 134 Å². The van der Waals surface area contributed by atoms with Crippen LogP contribution in [0.4, 0.5) is 0 Å². The molecule has 0 aromatic carbocycles. The molecule has 0 saturated carbocycles. The van der Waals surface area contributed by atoms with Gasteiger partial charge in [-0.05, 0) is 116 Å². The predicted octanol–water partition coefficient (Wildman–Crippen LogP) is 20.6. The Morgan fingerprint density at radius 3 is 0.878 bits per heavy atom. The number of carbonyl (C=O) groups is 3. The summed E-state index contributed by atoms with van der Waals surface area (Å²) in [6.45, 7) is 6.43. The lowest BCUT2D eigenvalue weighted by atomic mass is 10.1. The maximum atomic E-state index is 12.8. The van der Waals surface area contributed by atoms with Gasteiger partial charge in [0.2, 0.25) is 0 Å². The molecule has 74 heavy (non-hydrogen) atoms. The van der Waals surface area contributed by atoms with Crippen LogP contribution in [0.2, 0.25) is 0 Å². The predicted molar refractivity (Wildman–Crippen MR) is 320 cm³/mol. The third kappa shape index (κ3) is 58.4. The molecule has 6 nitrogen and oxygen atoms in total. The Kier molecular flexibility index (Phi) is 57.4. The van der Waals surface area contributed by atoms with Crippen LogP contribution in [0, 0.1) is 0 Å². The maximum Gasteiger partial charge on any atom is 0.306 e. The molecule has 0 rings (SSSR count). The zero-order valence-electron chi connectivity index (χ0n) is 47.8. The zero-order valence-corrected chi connectivity index (χ0v) is 47.8. The molecule has 0 aliphatic rings. The highest BCUT2D eigenvalue weighted by Crippen LogP contribution is 2.14. The van der Waals surface area contributed by atoms with Gasteiger partial charge in [-0.1, -0.05) is 257 Å². The number of esters is 3. The van der Waals surface area contributed by atoms with Crippen LogP contribution in [0.5, 0.6) is 0 Å². The van der Waals surface area contributed by atoms with Crippen molar-refractivity contribution >= 4 is 17.9 Å². The van der Waals surface area contributed by atoms with Crippen LogP contribution < -0.4 is 0 Å². The lowest BCUT2D eigenvalue weighted by molar-refractivity contribution is -0.167. The Bertz CT molecular complexity index is 1600. The molecule has 1 unspecified atom stereocenters. The number of unbranched alkanes of at least 4 members (excludes halogenated alkanes) is 20. The van der Waals surface area contributed by atoms with E-state index in [0.29, 0.717) is 19.3 Å². The maximum absolute atomic E-state index is 12.8. The summed E-state index contributed by atoms with van der Waals surface area (Å²) in [5, 5.41) is 0. The second-order valence-electron chi connectivity index (χ2n) is 19.5. The molecular weight excluding hydrogens is 913 g/mol. The van der Waals surface area contributed by atoms with Gasteiger partial charge in [0, 0.05) is 19.3 Å². The summed E-state index contributed by atoms with van der Waals surface area (Å²) in [5.74, 6) is -0.948. The van der Waals surface area contributed by atoms with Crippen LogP contribution >= 0.6 is 0 Å². The summed E-state index contributed by atoms with van der Waals surface area (Å²) in [6.07, 6.45) is 85.9. The highest BCUT2D eigenvalue weighted by molar-refractivity contribution is 5.71. The van der Waals surface area contributed by atoms with E-state index < -0.39 is 6.10 Å². The van der Waals surface area contributed by atoms with Gasteiger partial charge in [-0.25, -0.2) is 0 Å². The summed E-state index contributed by atoms with van der Waals surface area (Å²) in [5.41, 5.74) is 0. The van der Waals surface area contributed by atoms with E-state index >= 15 is 0 Å². The minimum Gasteiger partial charge on any atom is -0.462 e. The molecule has 0 aliphatic carbocycles. The summed E-state index contributed by atoms with van der Waals surface area (Å²) < 4.78 is 16.8. The lowest BCUT2D eigenvalue weighted by Crippen LogP contribution is -2.30. The zero-order chi connectivity index (χ0) is 53.6. The second kappa shape index (κ2) is 61.1. The lowest BCUT2D eigenvalue weighted by Gasteiger charge is -2.18. The van der Waals surface area contributed by atoms with Crippen molar-refractivity contribution in [1.82, 2.24) is 0 Å². The Labute approximate surface area is 455 Å². The monoisotopic (exact) mass is 1020 g/mol. The first kappa shape index (κ1) is 69.5. The van der Waals surface area contributed by atoms with E-state index in [0.717, 1.165) is 148 Å². The van der Waals surface area contributed by atoms with E-state index in [4.69, 9.17) is 14.2 Å². The third-order valence-electron chi connectivity index (χ3n) is 12.4. The number of hydrogen-bond donors (Lipinski definition) is 0. The van der Waals surface area contributed by atoms with Gasteiger partial charge >= 0.3 is 17.9 Å². The minimum absolute atomic E-state index is 0.0960. The van der Waals surface area contributed by atoms with Gasteiger partial charge in [-0.15, -0.1) is 0 Å². The number of carbonyl (C=O) groups excluding carboxylic acids is 3. The highest BCUT2D eigenvalue weighted by Gasteiger charge is 2.19. The molecule has 0 N–H and O–H groups in total. The molecule has 0 aromatic heterocycles. The van der Waals surface area contributed by atoms with Crippen LogP contribution in [0.1, 0.15) is 258 Å². The van der Waals surface area contributed by atoms with Crippen molar-refractivity contribution in [2.75, 3.05) is 13.2 Å². The van der Waals surface area contributed by atoms with E-state index in [1.54, 1.807) is 0 Å². The van der Waals surface area contributed by atoms with Crippen molar-refractivity contribution in [2.45, 2.75) is 264 Å². The van der Waals surface area contributed by atoms with Crippen molar-refractivity contribution in [3.8, 4) is 0 Å². The Morgan fingerprint density at radius 1 is 0.284 bits per heavy atom. The van der Waals surface area contributed by atoms with Crippen molar-refractivity contribution in [3.05, 3.63) is 134 Å². The van der Waals surface area contributed by atoms with Crippen LogP contribution in [0.3, 0.4) is 0 Å². The number of rotatable bonds is 53. The van der Waals surface area contributed by atoms with Crippen molar-refractivity contribution in [3.63, 3.8) is 0 Å². The van der Waals surface area contributed by atoms with Crippen molar-refractivity contribution in [1.29, 1.82) is 0 Å². The average Bonchev–Trinajstić information content (AvgIpc) is 3.40. The van der Waals surface area contributed by atoms with Gasteiger partial charge < -0.3 is 14.2 Å². The summed E-state index contributed by atoms with van der Waals surface area (Å²) >= 11 is 0. The highest BCUT2D eigenvalue weighted by atomic mass is 16.6. The molecule has 418 valence electrons. The molecule has 1 atom stereocenters. The van der Waals surface area contributed by atoms with E-state index in [9.17, 15) is 14.4 Å². The molecule has 0 radical (unpaired) electrons. The molecule has 6 heteroatoms. The van der Waals surface area contributed by atoms with Crippen LogP contribution in [0.25, 0.3) is 0 Å². The largest absolute Gasteiger partial charge is 0.462 e. The molecule has 0 spiro atoms. The van der Waals surface area contributed by atoms with Crippen molar-refractivity contribution in [2.24, 2.45) is 0 Å². The molecule has 0 aromatic rings. The summed E-state index contributed by atoms with van der Waals surface area (Å²) in [4.78, 5) is 38.1. The summed E-state index contributed by atoms with van der Waals surface area (Å²) in [6, 6.07) is 0. The van der Waals surface area contributed by atoms with Gasteiger partial charge in [-0.3, -0.25) is 14.4 Å². The van der Waals surface area contributed by atoms with Crippen LogP contribution in [-0.2, 0) is 28.6 Å². The van der Waals surface area contributed by atoms with Crippen LogP contribution in [-0.4, -0.2) is 37.2 Å². The Balaban J connectivity index is 4.35. The molecule has 0 heterocycles. The Morgan fingerprint density at radius 2 is 0.541 bits per heavy atom. The van der Waals surface area contributed by atoms with E-state index in [2.05, 4.69) is 154 Å². The first-order valence-electron chi connectivity index (χ1n) is 30.2. The molecule has 0 aliphatic heterocycles. The molecule has 0 saturated heterocycles. The van der Waals surface area contributed by atoms with Crippen molar-refractivity contribution < 1.29 is 28.6 Å². The molecule has 0 fully saturated rings. The smallest absolute Gasteiger partial charge is 0.306 e. The van der Waals surface area contributed by atoms with Gasteiger partial charge in [0.05, 0.1) is 0 Å². The first-order chi connectivity index (χ1) is 36.5. The normalized spacial score (nSPS) is 13.1. The van der Waals surface area contributed by atoms with Gasteiger partial charge in [-0.2, -0.15) is 0 Å². The van der Waals surface area contributed by atoms with E-state index in [-0.39, 0.29) is 31.1 Å². The fourth-order valence-corrected chi connectivity index (χ4v) is 7.86. The van der Waals surface area contributed by atoms with Gasteiger partial charge in [0.1, 0.15) is 13.2 Å². The van der Waals surface area contributed by atoms with Gasteiger partial charge in [0.25, 0.3) is 0 Å². The quantitative estimate of drug-likeness (QED) is 0.0261. The fourth-order valence-electron chi connectivity index (χ4n) is 7.86. The first-order valence-corrected chi connectivity index (χ1v) is 30.2. The fraction of sp³-hybridized carbons (Fsp3) is 0.632. The average molecular weight is 1020 g/mol. The molecule has 0 bridgehead atoms. The van der Waals surface area contributed by atoms with E-state index in [1.807, 2.05) is 0 Å². The number of ether oxygens (including phenoxy) is 3. The standard InChI is InChI=1S/C68H110O6/c1-4-7-10-13-16-19-22-24-26-27-28-29-30-31-32-33-34-35-36-37-38-39-40-41-42-44-46-49-52-55-58-61-67(70)73-64-65(63-72-66(69)60-57-54-51-48-45-21-18-15-12-9-6-3)74-68(71)62-59-56-53-50-47-43-25-23-20-17-14-11-8-5-2/h7,10,14,16-17,19,23-26,28-29,31-32,34-35,37-38,40-41,44,46,65H,4-6,8-9,11-13,15,18,20-22,27,30,33,36,39,42-43,45,47-64H2,1-3H3/b10-7-,17-14-,19-16-,25-23-,26-24-,29-28-,32-31-,35-34-,38-37-,41-40-,46-44-. The second-order valence-corrected chi connectivity index (χ2v) is 19.5. The van der Waals surface area contributed by atoms with Gasteiger partial charge in [0.15, 0.2) is 6.10 Å². The van der Waals surface area contributed by atoms with E-state index in [1.165, 1.54) is 70.6 Å². The SMILES string of the molecule is CC/C=C\C/C=C\C/C=C\C/C=C\C/C=C\C/C=C\C/C=C\C/C=C\C/C=C\CCCCCC(=O)OCC(COC(=O)CCCCCCCCCCCCC)OC(=O)CCCCCCC/C=C\C/C=C\CCCC. The Hall–Kier alpha value is -4.45. The summed E-state index contributed by atoms with van der Waals surface area (Å²) in [7, 11) is 0. The number of allylic oxidation sites excluding steroid dienone is 22. The molecule has 0 amide bonds. The third-order valence-corrected chi connectivity index (χ3v) is 12.4. The minimum atomic E-state index is -0.801. The number of hydrogen-bond acceptors (Lipinski definition) is 6. The molecular formula is C68H110O6.